The highest BCUT2D eigenvalue weighted by Gasteiger charge is 2.36. The van der Waals surface area contributed by atoms with Crippen LogP contribution in [0.5, 0.6) is 0 Å². The van der Waals surface area contributed by atoms with E-state index in [2.05, 4.69) is 20.4 Å². The van der Waals surface area contributed by atoms with E-state index < -0.39 is 0 Å². The van der Waals surface area contributed by atoms with Crippen LogP contribution >= 0.6 is 0 Å². The first-order valence-electron chi connectivity index (χ1n) is 5.53. The van der Waals surface area contributed by atoms with E-state index in [-0.39, 0.29) is 0 Å². The molecule has 1 aromatic heterocycles. The molecule has 2 unspecified atom stereocenters. The topological polar surface area (TPSA) is 54.2 Å². The van der Waals surface area contributed by atoms with Crippen molar-refractivity contribution in [2.45, 2.75) is 13.5 Å². The smallest absolute Gasteiger partial charge is 0.240 e. The van der Waals surface area contributed by atoms with E-state index in [0.29, 0.717) is 0 Å². The summed E-state index contributed by atoms with van der Waals surface area (Å²) in [7, 11) is 0. The van der Waals surface area contributed by atoms with E-state index in [9.17, 15) is 0 Å². The molecule has 0 bridgehead atoms. The third kappa shape index (κ3) is 1.77. The SMILES string of the molecule is Cc1noc(CN2CC3CNCC3C2)n1. The molecule has 3 rings (SSSR count). The second-order valence-electron chi connectivity index (χ2n) is 4.61. The second-order valence-corrected chi connectivity index (χ2v) is 4.61. The van der Waals surface area contributed by atoms with Crippen molar-refractivity contribution in [2.75, 3.05) is 26.2 Å². The van der Waals surface area contributed by atoms with Crippen molar-refractivity contribution in [2.24, 2.45) is 11.8 Å². The highest BCUT2D eigenvalue weighted by atomic mass is 16.5. The monoisotopic (exact) mass is 208 g/mol. The number of hydrogen-bond acceptors (Lipinski definition) is 5. The first-order chi connectivity index (χ1) is 7.31. The van der Waals surface area contributed by atoms with Crippen LogP contribution in [0.4, 0.5) is 0 Å². The minimum absolute atomic E-state index is 0.728. The fourth-order valence-electron chi connectivity index (χ4n) is 2.68. The quantitative estimate of drug-likeness (QED) is 0.743. The summed E-state index contributed by atoms with van der Waals surface area (Å²) in [5.41, 5.74) is 0. The maximum absolute atomic E-state index is 5.13. The highest BCUT2D eigenvalue weighted by Crippen LogP contribution is 2.26. The molecule has 0 amide bonds. The van der Waals surface area contributed by atoms with Gasteiger partial charge in [0.25, 0.3) is 0 Å². The maximum Gasteiger partial charge on any atom is 0.240 e. The lowest BCUT2D eigenvalue weighted by atomic mass is 10.0. The number of aryl methyl sites for hydroxylation is 1. The van der Waals surface area contributed by atoms with Gasteiger partial charge >= 0.3 is 0 Å². The zero-order valence-electron chi connectivity index (χ0n) is 8.94. The molecule has 2 atom stereocenters. The van der Waals surface area contributed by atoms with Crippen LogP contribution in [-0.2, 0) is 6.54 Å². The molecule has 0 aromatic carbocycles. The van der Waals surface area contributed by atoms with Gasteiger partial charge in [0, 0.05) is 13.1 Å². The van der Waals surface area contributed by atoms with E-state index in [1.807, 2.05) is 6.92 Å². The Labute approximate surface area is 88.8 Å². The van der Waals surface area contributed by atoms with Crippen LogP contribution < -0.4 is 5.32 Å². The van der Waals surface area contributed by atoms with Gasteiger partial charge in [0.15, 0.2) is 5.82 Å². The van der Waals surface area contributed by atoms with Gasteiger partial charge in [0.2, 0.25) is 5.89 Å². The van der Waals surface area contributed by atoms with E-state index in [4.69, 9.17) is 4.52 Å². The molecule has 15 heavy (non-hydrogen) atoms. The minimum Gasteiger partial charge on any atom is -0.338 e. The zero-order valence-corrected chi connectivity index (χ0v) is 8.94. The molecule has 1 aromatic rings. The van der Waals surface area contributed by atoms with Crippen molar-refractivity contribution in [3.8, 4) is 0 Å². The average Bonchev–Trinajstić information content (AvgIpc) is 2.81. The lowest BCUT2D eigenvalue weighted by Gasteiger charge is -2.13. The lowest BCUT2D eigenvalue weighted by molar-refractivity contribution is 0.253. The Hall–Kier alpha value is -0.940. The molecule has 3 heterocycles. The third-order valence-corrected chi connectivity index (χ3v) is 3.39. The van der Waals surface area contributed by atoms with Gasteiger partial charge in [-0.1, -0.05) is 5.16 Å². The van der Waals surface area contributed by atoms with Crippen LogP contribution in [0, 0.1) is 18.8 Å². The molecule has 0 saturated carbocycles. The molecule has 2 saturated heterocycles. The molecular formula is C10H16N4O. The average molecular weight is 208 g/mol. The Morgan fingerprint density at radius 2 is 2.13 bits per heavy atom. The second kappa shape index (κ2) is 3.57. The van der Waals surface area contributed by atoms with Gasteiger partial charge in [-0.15, -0.1) is 0 Å². The van der Waals surface area contributed by atoms with Crippen LogP contribution in [0.3, 0.4) is 0 Å². The summed E-state index contributed by atoms with van der Waals surface area (Å²) >= 11 is 0. The molecule has 5 nitrogen and oxygen atoms in total. The van der Waals surface area contributed by atoms with Crippen LogP contribution in [0.2, 0.25) is 0 Å². The largest absolute Gasteiger partial charge is 0.338 e. The van der Waals surface area contributed by atoms with Gasteiger partial charge in [-0.2, -0.15) is 4.98 Å². The maximum atomic E-state index is 5.13. The third-order valence-electron chi connectivity index (χ3n) is 3.39. The minimum atomic E-state index is 0.728. The molecular weight excluding hydrogens is 192 g/mol. The standard InChI is InChI=1S/C10H16N4O/c1-7-12-10(15-13-7)6-14-4-8-2-11-3-9(8)5-14/h8-9,11H,2-6H2,1H3. The van der Waals surface area contributed by atoms with Gasteiger partial charge in [-0.25, -0.2) is 0 Å². The Kier molecular flexibility index (Phi) is 2.21. The first-order valence-corrected chi connectivity index (χ1v) is 5.53. The summed E-state index contributed by atoms with van der Waals surface area (Å²) in [5.74, 6) is 3.13. The van der Waals surface area contributed by atoms with Crippen molar-refractivity contribution in [3.63, 3.8) is 0 Å². The summed E-state index contributed by atoms with van der Waals surface area (Å²) in [6.07, 6.45) is 0. The van der Waals surface area contributed by atoms with Gasteiger partial charge in [0.05, 0.1) is 6.54 Å². The van der Waals surface area contributed by atoms with Gasteiger partial charge in [-0.3, -0.25) is 4.90 Å². The molecule has 2 fully saturated rings. The summed E-state index contributed by atoms with van der Waals surface area (Å²) in [6, 6.07) is 0. The van der Waals surface area contributed by atoms with Crippen molar-refractivity contribution in [1.82, 2.24) is 20.4 Å². The number of likely N-dealkylation sites (tertiary alicyclic amines) is 1. The van der Waals surface area contributed by atoms with Crippen LogP contribution in [-0.4, -0.2) is 41.2 Å². The number of fused-ring (bicyclic) bond motifs is 1. The summed E-state index contributed by atoms with van der Waals surface area (Å²) in [5, 5.41) is 7.24. The molecule has 2 aliphatic rings. The first kappa shape index (κ1) is 9.30. The number of nitrogens with zero attached hydrogens (tertiary/aromatic N) is 3. The molecule has 82 valence electrons. The number of nitrogens with one attached hydrogen (secondary N) is 1. The van der Waals surface area contributed by atoms with Crippen molar-refractivity contribution in [1.29, 1.82) is 0 Å². The molecule has 0 radical (unpaired) electrons. The summed E-state index contributed by atoms with van der Waals surface area (Å²) in [4.78, 5) is 6.65. The van der Waals surface area contributed by atoms with E-state index in [0.717, 1.165) is 30.1 Å². The van der Waals surface area contributed by atoms with Gasteiger partial charge < -0.3 is 9.84 Å². The van der Waals surface area contributed by atoms with Crippen molar-refractivity contribution >= 4 is 0 Å². The fraction of sp³-hybridized carbons (Fsp3) is 0.800. The highest BCUT2D eigenvalue weighted by molar-refractivity contribution is 4.93. The Morgan fingerprint density at radius 3 is 2.73 bits per heavy atom. The van der Waals surface area contributed by atoms with Crippen molar-refractivity contribution < 1.29 is 4.52 Å². The van der Waals surface area contributed by atoms with Crippen LogP contribution in [0.15, 0.2) is 4.52 Å². The van der Waals surface area contributed by atoms with Crippen LogP contribution in [0.1, 0.15) is 11.7 Å². The lowest BCUT2D eigenvalue weighted by Crippen LogP contribution is -2.25. The van der Waals surface area contributed by atoms with E-state index >= 15 is 0 Å². The molecule has 5 heteroatoms. The molecule has 1 N–H and O–H groups in total. The molecule has 2 aliphatic heterocycles. The molecule has 0 spiro atoms. The number of aromatic nitrogens is 2. The van der Waals surface area contributed by atoms with Crippen molar-refractivity contribution in [3.05, 3.63) is 11.7 Å². The predicted molar refractivity (Wildman–Crippen MR) is 54.2 cm³/mol. The Morgan fingerprint density at radius 1 is 1.40 bits per heavy atom. The summed E-state index contributed by atoms with van der Waals surface area (Å²) < 4.78 is 5.13. The Bertz CT molecular complexity index is 339. The zero-order chi connectivity index (χ0) is 10.3. The van der Waals surface area contributed by atoms with Crippen LogP contribution in [0.25, 0.3) is 0 Å². The fourth-order valence-corrected chi connectivity index (χ4v) is 2.68. The van der Waals surface area contributed by atoms with E-state index in [1.165, 1.54) is 26.2 Å². The van der Waals surface area contributed by atoms with Gasteiger partial charge in [0.1, 0.15) is 0 Å². The predicted octanol–water partition coefficient (Wildman–Crippen LogP) is 0.0292. The number of rotatable bonds is 2. The normalized spacial score (nSPS) is 31.0. The van der Waals surface area contributed by atoms with E-state index in [1.54, 1.807) is 0 Å². The number of hydrogen-bond donors (Lipinski definition) is 1. The summed E-state index contributed by atoms with van der Waals surface area (Å²) in [6.45, 7) is 7.34. The molecule has 0 aliphatic carbocycles. The van der Waals surface area contributed by atoms with Gasteiger partial charge in [-0.05, 0) is 31.8 Å². The Balaban J connectivity index is 1.61.